The number of esters is 1. The Kier molecular flexibility index (Phi) is 5.84. The highest BCUT2D eigenvalue weighted by Crippen LogP contribution is 2.37. The first-order valence-electron chi connectivity index (χ1n) is 6.08. The van der Waals surface area contributed by atoms with Gasteiger partial charge in [0.25, 0.3) is 0 Å². The summed E-state index contributed by atoms with van der Waals surface area (Å²) in [7, 11) is -0.550. The third kappa shape index (κ3) is 4.41. The van der Waals surface area contributed by atoms with E-state index in [-0.39, 0.29) is 11.1 Å². The Morgan fingerprint density at radius 1 is 1.35 bits per heavy atom. The molecule has 0 amide bonds. The van der Waals surface area contributed by atoms with Gasteiger partial charge in [-0.05, 0) is 24.6 Å². The molecule has 2 N–H and O–H groups in total. The number of rotatable bonds is 5. The van der Waals surface area contributed by atoms with E-state index in [0.29, 0.717) is 6.42 Å². The molecule has 0 spiro atoms. The van der Waals surface area contributed by atoms with E-state index in [1.54, 1.807) is 0 Å². The Hall–Kier alpha value is -0.393. The smallest absolute Gasteiger partial charge is 0.325 e. The van der Waals surface area contributed by atoms with Crippen LogP contribution in [0.4, 0.5) is 0 Å². The maximum Gasteiger partial charge on any atom is 0.325 e. The summed E-state index contributed by atoms with van der Waals surface area (Å²) in [6.07, 6.45) is 0.450. The van der Waals surface area contributed by atoms with Crippen molar-refractivity contribution < 1.29 is 14.0 Å². The van der Waals surface area contributed by atoms with Crippen molar-refractivity contribution in [1.82, 2.24) is 0 Å². The number of ether oxygens (including phenoxy) is 1. The van der Waals surface area contributed by atoms with Gasteiger partial charge in [-0.3, -0.25) is 4.79 Å². The Morgan fingerprint density at radius 3 is 2.12 bits per heavy atom. The zero-order chi connectivity index (χ0) is 13.9. The van der Waals surface area contributed by atoms with E-state index < -0.39 is 20.3 Å². The van der Waals surface area contributed by atoms with Crippen LogP contribution in [0.3, 0.4) is 0 Å². The highest BCUT2D eigenvalue weighted by Gasteiger charge is 2.41. The molecule has 4 nitrogen and oxygen atoms in total. The fourth-order valence-electron chi connectivity index (χ4n) is 1.25. The molecule has 5 heteroatoms. The van der Waals surface area contributed by atoms with Gasteiger partial charge in [0, 0.05) is 0 Å². The third-order valence-electron chi connectivity index (χ3n) is 3.53. The van der Waals surface area contributed by atoms with Gasteiger partial charge in [-0.25, -0.2) is 0 Å². The van der Waals surface area contributed by atoms with Crippen molar-refractivity contribution in [3.05, 3.63) is 0 Å². The van der Waals surface area contributed by atoms with Gasteiger partial charge in [0.2, 0.25) is 0 Å². The van der Waals surface area contributed by atoms with Crippen LogP contribution in [-0.2, 0) is 14.0 Å². The molecule has 0 saturated heterocycles. The zero-order valence-electron chi connectivity index (χ0n) is 12.2. The van der Waals surface area contributed by atoms with E-state index in [9.17, 15) is 4.79 Å². The highest BCUT2D eigenvalue weighted by molar-refractivity contribution is 6.74. The average molecular weight is 261 g/mol. The first-order chi connectivity index (χ1) is 7.56. The number of carbonyl (C=O) groups excluding carboxylic acids is 1. The largest absolute Gasteiger partial charge is 0.468 e. The number of methoxy groups -OCH3 is 1. The molecule has 0 bridgehead atoms. The SMILES string of the molecule is CC[C@@H](O[Si](C)(C)C(C)(C)C)[C@@H](N)C(=O)OC. The van der Waals surface area contributed by atoms with Gasteiger partial charge in [-0.1, -0.05) is 27.7 Å². The van der Waals surface area contributed by atoms with Crippen molar-refractivity contribution in [1.29, 1.82) is 0 Å². The minimum atomic E-state index is -1.90. The van der Waals surface area contributed by atoms with Gasteiger partial charge in [-0.2, -0.15) is 0 Å². The number of hydrogen-bond acceptors (Lipinski definition) is 4. The van der Waals surface area contributed by atoms with Crippen molar-refractivity contribution in [2.24, 2.45) is 5.73 Å². The van der Waals surface area contributed by atoms with Crippen LogP contribution in [0.1, 0.15) is 34.1 Å². The molecule has 17 heavy (non-hydrogen) atoms. The second-order valence-corrected chi connectivity index (χ2v) is 10.6. The molecule has 0 radical (unpaired) electrons. The van der Waals surface area contributed by atoms with E-state index in [1.807, 2.05) is 6.92 Å². The molecule has 0 fully saturated rings. The van der Waals surface area contributed by atoms with Crippen molar-refractivity contribution in [3.8, 4) is 0 Å². The molecule has 0 aromatic carbocycles. The summed E-state index contributed by atoms with van der Waals surface area (Å²) < 4.78 is 10.8. The van der Waals surface area contributed by atoms with Crippen molar-refractivity contribution in [2.45, 2.75) is 64.4 Å². The molecule has 0 unspecified atom stereocenters. The second kappa shape index (κ2) is 5.98. The minimum Gasteiger partial charge on any atom is -0.468 e. The predicted molar refractivity (Wildman–Crippen MR) is 72.4 cm³/mol. The molecule has 0 aliphatic carbocycles. The fraction of sp³-hybridized carbons (Fsp3) is 0.917. The number of carbonyl (C=O) groups is 1. The summed E-state index contributed by atoms with van der Waals surface area (Å²) in [5.74, 6) is -0.407. The maximum atomic E-state index is 11.4. The van der Waals surface area contributed by atoms with Crippen LogP contribution in [0.15, 0.2) is 0 Å². The van der Waals surface area contributed by atoms with E-state index >= 15 is 0 Å². The first-order valence-corrected chi connectivity index (χ1v) is 8.99. The lowest BCUT2D eigenvalue weighted by Gasteiger charge is -2.40. The van der Waals surface area contributed by atoms with Crippen LogP contribution in [-0.4, -0.2) is 33.5 Å². The standard InChI is InChI=1S/C12H27NO3Si/c1-8-9(10(13)11(14)15-5)16-17(6,7)12(2,3)4/h9-10H,8,13H2,1-7H3/t9-,10-/m1/s1. The van der Waals surface area contributed by atoms with Crippen LogP contribution in [0.2, 0.25) is 18.1 Å². The summed E-state index contributed by atoms with van der Waals surface area (Å²) in [6.45, 7) is 12.8. The van der Waals surface area contributed by atoms with Gasteiger partial charge >= 0.3 is 5.97 Å². The van der Waals surface area contributed by atoms with E-state index in [0.717, 1.165) is 0 Å². The average Bonchev–Trinajstić information content (AvgIpc) is 2.22. The predicted octanol–water partition coefficient (Wildman–Crippen LogP) is 2.29. The first kappa shape index (κ1) is 16.6. The molecule has 0 heterocycles. The summed E-state index contributed by atoms with van der Waals surface area (Å²) in [5, 5.41) is 0.107. The normalized spacial score (nSPS) is 16.5. The van der Waals surface area contributed by atoms with Crippen molar-refractivity contribution in [3.63, 3.8) is 0 Å². The van der Waals surface area contributed by atoms with Crippen LogP contribution in [0.25, 0.3) is 0 Å². The maximum absolute atomic E-state index is 11.4. The van der Waals surface area contributed by atoms with E-state index in [2.05, 4.69) is 38.6 Å². The fourth-order valence-corrected chi connectivity index (χ4v) is 2.68. The second-order valence-electron chi connectivity index (χ2n) is 5.87. The molecule has 2 atom stereocenters. The van der Waals surface area contributed by atoms with Gasteiger partial charge in [-0.15, -0.1) is 0 Å². The lowest BCUT2D eigenvalue weighted by Crippen LogP contribution is -2.51. The van der Waals surface area contributed by atoms with Crippen LogP contribution < -0.4 is 5.73 Å². The van der Waals surface area contributed by atoms with Gasteiger partial charge < -0.3 is 14.9 Å². The van der Waals surface area contributed by atoms with E-state index in [4.69, 9.17) is 10.2 Å². The summed E-state index contributed by atoms with van der Waals surface area (Å²) in [5.41, 5.74) is 5.86. The Balaban J connectivity index is 4.77. The minimum absolute atomic E-state index is 0.107. The zero-order valence-corrected chi connectivity index (χ0v) is 13.2. The molecule has 102 valence electrons. The quantitative estimate of drug-likeness (QED) is 0.609. The summed E-state index contributed by atoms with van der Waals surface area (Å²) in [4.78, 5) is 11.4. The molecule has 0 saturated carbocycles. The number of hydrogen-bond donors (Lipinski definition) is 1. The summed E-state index contributed by atoms with van der Waals surface area (Å²) >= 11 is 0. The van der Waals surface area contributed by atoms with E-state index in [1.165, 1.54) is 7.11 Å². The summed E-state index contributed by atoms with van der Waals surface area (Å²) in [6, 6.07) is -0.695. The molecule has 0 aliphatic heterocycles. The molecule has 0 aromatic heterocycles. The van der Waals surface area contributed by atoms with Crippen molar-refractivity contribution >= 4 is 14.3 Å². The van der Waals surface area contributed by atoms with Crippen molar-refractivity contribution in [2.75, 3.05) is 7.11 Å². The van der Waals surface area contributed by atoms with Crippen LogP contribution >= 0.6 is 0 Å². The Labute approximate surface area is 106 Å². The number of nitrogens with two attached hydrogens (primary N) is 1. The third-order valence-corrected chi connectivity index (χ3v) is 8.03. The van der Waals surface area contributed by atoms with Crippen LogP contribution in [0, 0.1) is 0 Å². The molecule has 0 aliphatic rings. The molecular formula is C12H27NO3Si. The Bertz CT molecular complexity index is 261. The topological polar surface area (TPSA) is 61.5 Å². The van der Waals surface area contributed by atoms with Gasteiger partial charge in [0.05, 0.1) is 13.2 Å². The highest BCUT2D eigenvalue weighted by atomic mass is 28.4. The molecule has 0 aromatic rings. The Morgan fingerprint density at radius 2 is 1.82 bits per heavy atom. The van der Waals surface area contributed by atoms with Crippen LogP contribution in [0.5, 0.6) is 0 Å². The monoisotopic (exact) mass is 261 g/mol. The van der Waals surface area contributed by atoms with Gasteiger partial charge in [0.15, 0.2) is 8.32 Å². The van der Waals surface area contributed by atoms with Gasteiger partial charge in [0.1, 0.15) is 6.04 Å². The molecule has 0 rings (SSSR count). The lowest BCUT2D eigenvalue weighted by atomic mass is 10.1. The lowest BCUT2D eigenvalue weighted by molar-refractivity contribution is -0.144. The molecular weight excluding hydrogens is 234 g/mol.